The summed E-state index contributed by atoms with van der Waals surface area (Å²) in [6.45, 7) is 9.94. The molecule has 0 unspecified atom stereocenters. The Morgan fingerprint density at radius 3 is 2.23 bits per heavy atom. The summed E-state index contributed by atoms with van der Waals surface area (Å²) in [5.41, 5.74) is 2.43. The average Bonchev–Trinajstić information content (AvgIpc) is 2.79. The maximum atomic E-state index is 12.6. The molecular weight excluding hydrogens is 372 g/mol. The van der Waals surface area contributed by atoms with E-state index in [1.54, 1.807) is 6.20 Å². The van der Waals surface area contributed by atoms with Gasteiger partial charge < -0.3 is 4.90 Å². The number of benzene rings is 1. The van der Waals surface area contributed by atoms with Gasteiger partial charge in [-0.2, -0.15) is 5.10 Å². The zero-order valence-electron chi connectivity index (χ0n) is 18.7. The van der Waals surface area contributed by atoms with Crippen molar-refractivity contribution in [3.05, 3.63) is 48.2 Å². The van der Waals surface area contributed by atoms with Crippen molar-refractivity contribution in [1.82, 2.24) is 19.6 Å². The molecule has 0 spiro atoms. The molecule has 30 heavy (non-hydrogen) atoms. The number of hydrogen-bond acceptors (Lipinski definition) is 3. The summed E-state index contributed by atoms with van der Waals surface area (Å²) in [6.07, 6.45) is 7.59. The molecule has 1 aromatic heterocycles. The van der Waals surface area contributed by atoms with Crippen LogP contribution in [0.5, 0.6) is 0 Å². The number of piperidine rings is 2. The lowest BCUT2D eigenvalue weighted by atomic mass is 9.87. The molecule has 4 rings (SSSR count). The summed E-state index contributed by atoms with van der Waals surface area (Å²) in [7, 11) is 0. The summed E-state index contributed by atoms with van der Waals surface area (Å²) in [4.78, 5) is 14.6. The smallest absolute Gasteiger partial charge is 0.252 e. The van der Waals surface area contributed by atoms with Crippen LogP contribution in [0.2, 0.25) is 0 Å². The van der Waals surface area contributed by atoms with E-state index < -0.39 is 0 Å². The Hall–Kier alpha value is -2.27. The maximum absolute atomic E-state index is 12.6. The van der Waals surface area contributed by atoms with Crippen LogP contribution in [0.4, 0.5) is 11.5 Å². The van der Waals surface area contributed by atoms with Crippen molar-refractivity contribution in [3.8, 4) is 0 Å². The molecule has 0 atom stereocenters. The third-order valence-corrected chi connectivity index (χ3v) is 6.86. The Balaban J connectivity index is 1.50. The number of nitrogens with zero attached hydrogens (tertiary/aromatic N) is 4. The minimum absolute atomic E-state index is 0.275. The van der Waals surface area contributed by atoms with Gasteiger partial charge in [0.15, 0.2) is 0 Å². The number of carbonyl (C=O) groups is 1. The molecule has 0 radical (unpaired) electrons. The van der Waals surface area contributed by atoms with Crippen LogP contribution >= 0.6 is 0 Å². The Labute approximate surface area is 180 Å². The van der Waals surface area contributed by atoms with Gasteiger partial charge in [-0.05, 0) is 61.8 Å². The van der Waals surface area contributed by atoms with Gasteiger partial charge in [-0.1, -0.05) is 38.0 Å². The van der Waals surface area contributed by atoms with Crippen molar-refractivity contribution in [2.24, 2.45) is 5.41 Å². The quantitative estimate of drug-likeness (QED) is 0.669. The van der Waals surface area contributed by atoms with Gasteiger partial charge in [-0.3, -0.25) is 4.79 Å². The topological polar surface area (TPSA) is 46.1 Å². The van der Waals surface area contributed by atoms with Gasteiger partial charge in [0.05, 0.1) is 19.3 Å². The zero-order chi connectivity index (χ0) is 21.2. The van der Waals surface area contributed by atoms with Gasteiger partial charge in [-0.15, -0.1) is 0 Å². The first-order chi connectivity index (χ1) is 14.4. The van der Waals surface area contributed by atoms with E-state index in [9.17, 15) is 4.79 Å². The molecule has 0 N–H and O–H groups in total. The van der Waals surface area contributed by atoms with Crippen molar-refractivity contribution in [2.45, 2.75) is 58.8 Å². The van der Waals surface area contributed by atoms with Crippen LogP contribution in [0, 0.1) is 5.41 Å². The van der Waals surface area contributed by atoms with Gasteiger partial charge in [0.25, 0.3) is 5.82 Å². The number of aromatic nitrogens is 2. The van der Waals surface area contributed by atoms with Crippen molar-refractivity contribution in [3.63, 3.8) is 0 Å². The predicted octanol–water partition coefficient (Wildman–Crippen LogP) is 5.05. The van der Waals surface area contributed by atoms with Crippen molar-refractivity contribution in [2.75, 3.05) is 26.2 Å². The third kappa shape index (κ3) is 4.13. The van der Waals surface area contributed by atoms with Gasteiger partial charge in [0, 0.05) is 24.6 Å². The number of rotatable bonds is 3. The van der Waals surface area contributed by atoms with E-state index in [0.29, 0.717) is 5.92 Å². The van der Waals surface area contributed by atoms with Gasteiger partial charge in [-0.25, -0.2) is 4.48 Å². The molecule has 2 aromatic rings. The maximum Gasteiger partial charge on any atom is 0.252 e. The standard InChI is InChI=1S/C25H35N4O/c1-25(2,3)24(30)28-16-13-21(14-17-28)20-9-11-22(12-10-20)29(18-5-4-6-19-29)23-8-7-15-26-27-23/h7-12,15,21H,4-6,13-14,16-19H2,1-3H3/q+1. The fourth-order valence-electron chi connectivity index (χ4n) is 5.12. The number of likely N-dealkylation sites (tertiary alicyclic amines) is 1. The largest absolute Gasteiger partial charge is 0.342 e. The molecule has 3 heterocycles. The Kier molecular flexibility index (Phi) is 5.92. The van der Waals surface area contributed by atoms with E-state index in [2.05, 4.69) is 40.5 Å². The number of quaternary nitrogens is 1. The Bertz CT molecular complexity index is 843. The number of hydrogen-bond donors (Lipinski definition) is 0. The monoisotopic (exact) mass is 407 g/mol. The Morgan fingerprint density at radius 2 is 1.67 bits per heavy atom. The van der Waals surface area contributed by atoms with Crippen LogP contribution in [-0.2, 0) is 4.79 Å². The lowest BCUT2D eigenvalue weighted by Gasteiger charge is -2.39. The molecule has 2 aliphatic heterocycles. The minimum Gasteiger partial charge on any atom is -0.342 e. The molecule has 5 heteroatoms. The van der Waals surface area contributed by atoms with E-state index in [-0.39, 0.29) is 11.3 Å². The molecule has 0 aliphatic carbocycles. The summed E-state index contributed by atoms with van der Waals surface area (Å²) < 4.78 is 0.812. The highest BCUT2D eigenvalue weighted by atomic mass is 16.2. The van der Waals surface area contributed by atoms with Crippen LogP contribution in [-0.4, -0.2) is 47.2 Å². The van der Waals surface area contributed by atoms with E-state index in [1.807, 2.05) is 31.7 Å². The molecular formula is C25H35N4O+. The Morgan fingerprint density at radius 1 is 1.00 bits per heavy atom. The van der Waals surface area contributed by atoms with Crippen LogP contribution in [0.15, 0.2) is 42.6 Å². The molecule has 0 bridgehead atoms. The molecule has 1 aromatic carbocycles. The SMILES string of the molecule is CC(C)(C)C(=O)N1CCC(c2ccc([N+]3(c4cccnn4)CCCCC3)cc2)CC1. The predicted molar refractivity (Wildman–Crippen MR) is 122 cm³/mol. The van der Waals surface area contributed by atoms with Crippen LogP contribution in [0.3, 0.4) is 0 Å². The molecule has 160 valence electrons. The third-order valence-electron chi connectivity index (χ3n) is 6.86. The molecule has 2 fully saturated rings. The highest BCUT2D eigenvalue weighted by Gasteiger charge is 2.37. The van der Waals surface area contributed by atoms with Crippen molar-refractivity contribution < 1.29 is 4.79 Å². The van der Waals surface area contributed by atoms with Crippen LogP contribution < -0.4 is 4.48 Å². The van der Waals surface area contributed by atoms with E-state index in [0.717, 1.165) is 49.3 Å². The summed E-state index contributed by atoms with van der Waals surface area (Å²) >= 11 is 0. The van der Waals surface area contributed by atoms with Crippen LogP contribution in [0.25, 0.3) is 0 Å². The number of carbonyl (C=O) groups excluding carboxylic acids is 1. The first-order valence-corrected chi connectivity index (χ1v) is 11.5. The lowest BCUT2D eigenvalue weighted by Crippen LogP contribution is -2.48. The number of amides is 1. The summed E-state index contributed by atoms with van der Waals surface area (Å²) in [5, 5.41) is 8.65. The highest BCUT2D eigenvalue weighted by molar-refractivity contribution is 5.81. The summed E-state index contributed by atoms with van der Waals surface area (Å²) in [6, 6.07) is 13.4. The fraction of sp³-hybridized carbons (Fsp3) is 0.560. The second-order valence-electron chi connectivity index (χ2n) is 9.97. The second-order valence-corrected chi connectivity index (χ2v) is 9.97. The minimum atomic E-state index is -0.291. The molecule has 5 nitrogen and oxygen atoms in total. The van der Waals surface area contributed by atoms with Crippen molar-refractivity contribution >= 4 is 17.4 Å². The first kappa shape index (κ1) is 21.0. The van der Waals surface area contributed by atoms with Gasteiger partial charge >= 0.3 is 0 Å². The highest BCUT2D eigenvalue weighted by Crippen LogP contribution is 2.38. The first-order valence-electron chi connectivity index (χ1n) is 11.5. The van der Waals surface area contributed by atoms with Gasteiger partial charge in [0.2, 0.25) is 5.91 Å². The van der Waals surface area contributed by atoms with Crippen molar-refractivity contribution in [1.29, 1.82) is 0 Å². The van der Waals surface area contributed by atoms with E-state index in [1.165, 1.54) is 30.5 Å². The normalized spacial score (nSPS) is 20.2. The summed E-state index contributed by atoms with van der Waals surface area (Å²) in [5.74, 6) is 1.87. The average molecular weight is 408 g/mol. The van der Waals surface area contributed by atoms with Crippen LogP contribution in [0.1, 0.15) is 64.4 Å². The molecule has 2 saturated heterocycles. The van der Waals surface area contributed by atoms with E-state index in [4.69, 9.17) is 0 Å². The molecule has 0 saturated carbocycles. The molecule has 1 amide bonds. The van der Waals surface area contributed by atoms with E-state index >= 15 is 0 Å². The zero-order valence-corrected chi connectivity index (χ0v) is 18.7. The lowest BCUT2D eigenvalue weighted by molar-refractivity contribution is -0.140. The fourth-order valence-corrected chi connectivity index (χ4v) is 5.12. The second kappa shape index (κ2) is 8.46. The van der Waals surface area contributed by atoms with Gasteiger partial charge in [0.1, 0.15) is 5.69 Å². The molecule has 2 aliphatic rings.